The zero-order valence-electron chi connectivity index (χ0n) is 13.3. The predicted molar refractivity (Wildman–Crippen MR) is 85.3 cm³/mol. The van der Waals surface area contributed by atoms with Crippen LogP contribution in [0.5, 0.6) is 0 Å². The van der Waals surface area contributed by atoms with Gasteiger partial charge in [0.1, 0.15) is 11.6 Å². The highest BCUT2D eigenvalue weighted by atomic mass is 79.9. The van der Waals surface area contributed by atoms with Crippen LogP contribution >= 0.6 is 15.9 Å². The van der Waals surface area contributed by atoms with Crippen molar-refractivity contribution in [3.63, 3.8) is 0 Å². The van der Waals surface area contributed by atoms with E-state index in [-0.39, 0.29) is 11.9 Å². The Morgan fingerprint density at radius 2 is 1.91 bits per heavy atom. The van der Waals surface area contributed by atoms with Crippen LogP contribution in [-0.2, 0) is 10.2 Å². The van der Waals surface area contributed by atoms with Crippen molar-refractivity contribution in [3.05, 3.63) is 39.7 Å². The molecule has 0 spiro atoms. The summed E-state index contributed by atoms with van der Waals surface area (Å²) in [6, 6.07) is -0.291. The molecule has 2 rings (SSSR count). The Morgan fingerprint density at radius 3 is 2.41 bits per heavy atom. The molecular formula is C15H19BrN4O2. The van der Waals surface area contributed by atoms with Crippen LogP contribution in [0.2, 0.25) is 0 Å². The minimum atomic E-state index is -0.752. The van der Waals surface area contributed by atoms with E-state index < -0.39 is 5.41 Å². The van der Waals surface area contributed by atoms with Crippen molar-refractivity contribution in [2.24, 2.45) is 0 Å². The number of nitrogens with one attached hydrogen (secondary N) is 1. The second kappa shape index (κ2) is 6.16. The van der Waals surface area contributed by atoms with Gasteiger partial charge in [-0.25, -0.2) is 9.97 Å². The number of carbonyl (C=O) groups excluding carboxylic acids is 1. The molecule has 1 N–H and O–H groups in total. The number of rotatable bonds is 4. The van der Waals surface area contributed by atoms with Gasteiger partial charge >= 0.3 is 0 Å². The van der Waals surface area contributed by atoms with Gasteiger partial charge in [-0.1, -0.05) is 5.16 Å². The number of hydrogen-bond acceptors (Lipinski definition) is 5. The SMILES string of the molecule is Cc1noc(C)c1C(C)(C)C(=O)NC(C)c1ncc(Br)cn1. The third-order valence-electron chi connectivity index (χ3n) is 3.60. The van der Waals surface area contributed by atoms with Crippen molar-refractivity contribution in [1.29, 1.82) is 0 Å². The van der Waals surface area contributed by atoms with Crippen molar-refractivity contribution in [3.8, 4) is 0 Å². The zero-order chi connectivity index (χ0) is 16.5. The van der Waals surface area contributed by atoms with E-state index in [4.69, 9.17) is 4.52 Å². The monoisotopic (exact) mass is 366 g/mol. The second-order valence-corrected chi connectivity index (χ2v) is 6.69. The topological polar surface area (TPSA) is 80.9 Å². The van der Waals surface area contributed by atoms with Crippen molar-refractivity contribution in [1.82, 2.24) is 20.4 Å². The molecule has 0 fully saturated rings. The molecular weight excluding hydrogens is 348 g/mol. The highest BCUT2D eigenvalue weighted by Gasteiger charge is 2.36. The maximum atomic E-state index is 12.7. The Morgan fingerprint density at radius 1 is 1.32 bits per heavy atom. The molecule has 0 bridgehead atoms. The van der Waals surface area contributed by atoms with Gasteiger partial charge in [-0.05, 0) is 50.5 Å². The Balaban J connectivity index is 2.19. The summed E-state index contributed by atoms with van der Waals surface area (Å²) in [5.74, 6) is 1.09. The first-order valence-electron chi connectivity index (χ1n) is 6.95. The van der Waals surface area contributed by atoms with E-state index in [0.717, 1.165) is 15.7 Å². The molecule has 0 aliphatic carbocycles. The maximum absolute atomic E-state index is 12.7. The molecule has 0 aliphatic heterocycles. The Bertz CT molecular complexity index is 660. The first-order chi connectivity index (χ1) is 10.2. The summed E-state index contributed by atoms with van der Waals surface area (Å²) < 4.78 is 5.97. The molecule has 1 amide bonds. The number of amides is 1. The first-order valence-corrected chi connectivity index (χ1v) is 7.74. The molecule has 1 unspecified atom stereocenters. The summed E-state index contributed by atoms with van der Waals surface area (Å²) in [6.45, 7) is 9.20. The van der Waals surface area contributed by atoms with Crippen molar-refractivity contribution >= 4 is 21.8 Å². The van der Waals surface area contributed by atoms with Crippen molar-refractivity contribution in [2.75, 3.05) is 0 Å². The highest BCUT2D eigenvalue weighted by molar-refractivity contribution is 9.10. The van der Waals surface area contributed by atoms with E-state index in [1.165, 1.54) is 0 Å². The lowest BCUT2D eigenvalue weighted by atomic mass is 9.82. The van der Waals surface area contributed by atoms with Gasteiger partial charge in [0, 0.05) is 18.0 Å². The summed E-state index contributed by atoms with van der Waals surface area (Å²) in [5.41, 5.74) is 0.789. The van der Waals surface area contributed by atoms with Crippen LogP contribution < -0.4 is 5.32 Å². The lowest BCUT2D eigenvalue weighted by molar-refractivity contribution is -0.126. The Hall–Kier alpha value is -1.76. The average molecular weight is 367 g/mol. The lowest BCUT2D eigenvalue weighted by Gasteiger charge is -2.25. The number of halogens is 1. The van der Waals surface area contributed by atoms with Gasteiger partial charge in [0.2, 0.25) is 5.91 Å². The van der Waals surface area contributed by atoms with E-state index in [1.807, 2.05) is 34.6 Å². The molecule has 0 radical (unpaired) electrons. The summed E-state index contributed by atoms with van der Waals surface area (Å²) in [6.07, 6.45) is 3.31. The summed E-state index contributed by atoms with van der Waals surface area (Å²) in [5, 5.41) is 6.88. The molecule has 7 heteroatoms. The van der Waals surface area contributed by atoms with Crippen molar-refractivity contribution in [2.45, 2.75) is 46.1 Å². The van der Waals surface area contributed by atoms with Crippen LogP contribution in [0.4, 0.5) is 0 Å². The van der Waals surface area contributed by atoms with Crippen LogP contribution in [0.1, 0.15) is 49.7 Å². The van der Waals surface area contributed by atoms with E-state index in [9.17, 15) is 4.79 Å². The normalized spacial score (nSPS) is 13.0. The van der Waals surface area contributed by atoms with E-state index >= 15 is 0 Å². The molecule has 118 valence electrons. The number of aryl methyl sites for hydroxylation is 2. The number of nitrogens with zero attached hydrogens (tertiary/aromatic N) is 3. The fourth-order valence-electron chi connectivity index (χ4n) is 2.48. The highest BCUT2D eigenvalue weighted by Crippen LogP contribution is 2.30. The third-order valence-corrected chi connectivity index (χ3v) is 4.01. The summed E-state index contributed by atoms with van der Waals surface area (Å²) in [4.78, 5) is 21.1. The van der Waals surface area contributed by atoms with Crippen LogP contribution in [-0.4, -0.2) is 21.0 Å². The second-order valence-electron chi connectivity index (χ2n) is 5.78. The molecule has 0 aromatic carbocycles. The minimum Gasteiger partial charge on any atom is -0.361 e. The fourth-order valence-corrected chi connectivity index (χ4v) is 2.68. The van der Waals surface area contributed by atoms with Crippen molar-refractivity contribution < 1.29 is 9.32 Å². The van der Waals surface area contributed by atoms with E-state index in [1.54, 1.807) is 12.4 Å². The number of hydrogen-bond donors (Lipinski definition) is 1. The van der Waals surface area contributed by atoms with Crippen LogP contribution in [0, 0.1) is 13.8 Å². The number of aromatic nitrogens is 3. The quantitative estimate of drug-likeness (QED) is 0.899. The molecule has 2 aromatic rings. The molecule has 0 saturated heterocycles. The predicted octanol–water partition coefficient (Wildman–Crippen LogP) is 3.00. The molecule has 2 heterocycles. The minimum absolute atomic E-state index is 0.124. The van der Waals surface area contributed by atoms with Gasteiger partial charge < -0.3 is 9.84 Å². The Labute approximate surface area is 137 Å². The van der Waals surface area contributed by atoms with Crippen LogP contribution in [0.15, 0.2) is 21.4 Å². The van der Waals surface area contributed by atoms with Gasteiger partial charge in [0.05, 0.1) is 21.6 Å². The standard InChI is InChI=1S/C15H19BrN4O2/c1-8-12(10(3)22-20-8)15(4,5)14(21)19-9(2)13-17-6-11(16)7-18-13/h6-7,9H,1-5H3,(H,19,21). The Kier molecular flexibility index (Phi) is 4.65. The van der Waals surface area contributed by atoms with Gasteiger partial charge in [-0.15, -0.1) is 0 Å². The van der Waals surface area contributed by atoms with Gasteiger partial charge in [0.25, 0.3) is 0 Å². The molecule has 6 nitrogen and oxygen atoms in total. The van der Waals surface area contributed by atoms with Gasteiger partial charge in [-0.2, -0.15) is 0 Å². The van der Waals surface area contributed by atoms with Gasteiger partial charge in [0.15, 0.2) is 0 Å². The number of carbonyl (C=O) groups is 1. The molecule has 1 atom stereocenters. The maximum Gasteiger partial charge on any atom is 0.230 e. The lowest BCUT2D eigenvalue weighted by Crippen LogP contribution is -2.42. The van der Waals surface area contributed by atoms with Crippen LogP contribution in [0.25, 0.3) is 0 Å². The largest absolute Gasteiger partial charge is 0.361 e. The average Bonchev–Trinajstić information content (AvgIpc) is 2.79. The fraction of sp³-hybridized carbons (Fsp3) is 0.467. The first kappa shape index (κ1) is 16.6. The van der Waals surface area contributed by atoms with E-state index in [0.29, 0.717) is 11.6 Å². The molecule has 0 aliphatic rings. The zero-order valence-corrected chi connectivity index (χ0v) is 14.9. The molecule has 2 aromatic heterocycles. The smallest absolute Gasteiger partial charge is 0.230 e. The third kappa shape index (κ3) is 3.19. The summed E-state index contributed by atoms with van der Waals surface area (Å²) in [7, 11) is 0. The summed E-state index contributed by atoms with van der Waals surface area (Å²) >= 11 is 3.29. The van der Waals surface area contributed by atoms with E-state index in [2.05, 4.69) is 36.4 Å². The van der Waals surface area contributed by atoms with Gasteiger partial charge in [-0.3, -0.25) is 4.79 Å². The molecule has 22 heavy (non-hydrogen) atoms. The van der Waals surface area contributed by atoms with Crippen LogP contribution in [0.3, 0.4) is 0 Å². The molecule has 0 saturated carbocycles.